The Morgan fingerprint density at radius 1 is 1.00 bits per heavy atom. The first-order valence-corrected chi connectivity index (χ1v) is 16.8. The summed E-state index contributed by atoms with van der Waals surface area (Å²) in [5.41, 5.74) is 0.940. The molecule has 0 saturated heterocycles. The smallest absolute Gasteiger partial charge is 0.349 e. The van der Waals surface area contributed by atoms with Gasteiger partial charge < -0.3 is 25.4 Å². The number of rotatable bonds is 8. The van der Waals surface area contributed by atoms with Crippen LogP contribution in [-0.2, 0) is 29.9 Å². The first-order valence-electron chi connectivity index (χ1n) is 14.7. The molecule has 4 heterocycles. The highest BCUT2D eigenvalue weighted by Crippen LogP contribution is 2.34. The average Bonchev–Trinajstić information content (AvgIpc) is 3.33. The third kappa shape index (κ3) is 9.09. The molecule has 5 rings (SSSR count). The number of hydrogen-bond acceptors (Lipinski definition) is 10. The van der Waals surface area contributed by atoms with Gasteiger partial charge in [0.15, 0.2) is 0 Å². The Labute approximate surface area is 274 Å². The highest BCUT2D eigenvalue weighted by molar-refractivity contribution is 7.92. The summed E-state index contributed by atoms with van der Waals surface area (Å²) in [7, 11) is -3.10. The summed E-state index contributed by atoms with van der Waals surface area (Å²) >= 11 is 0. The van der Waals surface area contributed by atoms with Gasteiger partial charge in [0.05, 0.1) is 34.9 Å². The molecule has 17 heteroatoms. The minimum absolute atomic E-state index is 0.109. The summed E-state index contributed by atoms with van der Waals surface area (Å²) in [4.78, 5) is 56.8. The van der Waals surface area contributed by atoms with E-state index < -0.39 is 51.7 Å². The topological polar surface area (TPSA) is 181 Å². The second kappa shape index (κ2) is 15.0. The molecule has 2 aliphatic heterocycles. The van der Waals surface area contributed by atoms with Crippen molar-refractivity contribution in [1.29, 1.82) is 0 Å². The SMILES string of the molecule is CS(=O)(Cc1cc2nc(c1)OCCCOc1cc(F)ccc1-c1cc(ncc1F)N2)=NC(=O)NCCCNC(=O)CN1C(=O)C=CC1=O. The predicted molar refractivity (Wildman–Crippen MR) is 170 cm³/mol. The van der Waals surface area contributed by atoms with E-state index in [1.165, 1.54) is 30.5 Å². The predicted octanol–water partition coefficient (Wildman–Crippen LogP) is 3.07. The molecule has 1 atom stereocenters. The normalized spacial score (nSPS) is 15.2. The monoisotopic (exact) mass is 683 g/mol. The van der Waals surface area contributed by atoms with Gasteiger partial charge in [0.25, 0.3) is 11.8 Å². The van der Waals surface area contributed by atoms with Gasteiger partial charge in [0, 0.05) is 61.2 Å². The number of fused-ring (bicyclic) bond motifs is 6. The van der Waals surface area contributed by atoms with E-state index in [9.17, 15) is 32.2 Å². The second-order valence-electron chi connectivity index (χ2n) is 10.8. The van der Waals surface area contributed by atoms with E-state index in [4.69, 9.17) is 9.47 Å². The summed E-state index contributed by atoms with van der Waals surface area (Å²) in [6.45, 7) is 0.164. The molecule has 0 radical (unpaired) electrons. The number of nitrogens with one attached hydrogen (secondary N) is 3. The molecule has 0 aliphatic carbocycles. The van der Waals surface area contributed by atoms with Crippen LogP contribution in [0, 0.1) is 11.6 Å². The Kier molecular flexibility index (Phi) is 10.6. The summed E-state index contributed by atoms with van der Waals surface area (Å²) < 4.78 is 57.6. The number of urea groups is 1. The van der Waals surface area contributed by atoms with Crippen LogP contribution in [0.2, 0.25) is 0 Å². The Morgan fingerprint density at radius 3 is 2.54 bits per heavy atom. The van der Waals surface area contributed by atoms with Crippen molar-refractivity contribution in [2.45, 2.75) is 18.6 Å². The third-order valence-electron chi connectivity index (χ3n) is 6.87. The lowest BCUT2D eigenvalue weighted by Gasteiger charge is -2.16. The molecule has 4 bridgehead atoms. The fraction of sp³-hybridized carbons (Fsp3) is 0.290. The van der Waals surface area contributed by atoms with Crippen molar-refractivity contribution in [3.8, 4) is 22.8 Å². The molecule has 0 spiro atoms. The van der Waals surface area contributed by atoms with Gasteiger partial charge in [-0.3, -0.25) is 19.3 Å². The van der Waals surface area contributed by atoms with Crippen LogP contribution in [0.15, 0.2) is 59.1 Å². The van der Waals surface area contributed by atoms with Gasteiger partial charge in [-0.25, -0.2) is 22.8 Å². The average molecular weight is 684 g/mol. The van der Waals surface area contributed by atoms with Gasteiger partial charge in [0.2, 0.25) is 11.8 Å². The minimum Gasteiger partial charge on any atom is -0.493 e. The van der Waals surface area contributed by atoms with Crippen LogP contribution in [0.5, 0.6) is 11.6 Å². The maximum Gasteiger partial charge on any atom is 0.349 e. The molecule has 0 fully saturated rings. The Hall–Kier alpha value is -5.45. The molecule has 2 aliphatic rings. The van der Waals surface area contributed by atoms with Crippen molar-refractivity contribution < 1.29 is 41.6 Å². The first kappa shape index (κ1) is 33.9. The van der Waals surface area contributed by atoms with Crippen molar-refractivity contribution in [3.05, 3.63) is 71.9 Å². The highest BCUT2D eigenvalue weighted by atomic mass is 32.2. The van der Waals surface area contributed by atoms with Crippen molar-refractivity contribution in [2.24, 2.45) is 4.36 Å². The van der Waals surface area contributed by atoms with Gasteiger partial charge in [0.1, 0.15) is 35.6 Å². The van der Waals surface area contributed by atoms with Crippen LogP contribution in [0.25, 0.3) is 11.1 Å². The lowest BCUT2D eigenvalue weighted by molar-refractivity contribution is -0.141. The maximum atomic E-state index is 14.9. The molecule has 2 aromatic heterocycles. The second-order valence-corrected chi connectivity index (χ2v) is 13.2. The van der Waals surface area contributed by atoms with Gasteiger partial charge in [-0.1, -0.05) is 0 Å². The van der Waals surface area contributed by atoms with E-state index >= 15 is 0 Å². The van der Waals surface area contributed by atoms with Crippen molar-refractivity contribution in [1.82, 2.24) is 25.5 Å². The summed E-state index contributed by atoms with van der Waals surface area (Å²) in [5.74, 6) is -2.17. The van der Waals surface area contributed by atoms with Crippen LogP contribution in [-0.4, -0.2) is 81.9 Å². The number of aromatic nitrogens is 2. The van der Waals surface area contributed by atoms with Gasteiger partial charge in [-0.05, 0) is 36.2 Å². The van der Waals surface area contributed by atoms with Crippen LogP contribution >= 0.6 is 0 Å². The van der Waals surface area contributed by atoms with Crippen LogP contribution in [0.4, 0.5) is 25.2 Å². The molecule has 1 unspecified atom stereocenters. The fourth-order valence-corrected chi connectivity index (χ4v) is 5.99. The van der Waals surface area contributed by atoms with Gasteiger partial charge in [-0.15, -0.1) is 4.36 Å². The number of amides is 5. The Balaban J connectivity index is 1.22. The standard InChI is InChI=1S/C31H31F2N7O7S/c1-48(45,39-31(44)35-9-2-8-34-27(41)17-40-29(42)6-7-30(40)43)18-19-12-26-37-25-15-22(23(33)16-36-25)21-5-4-20(32)14-24(21)46-10-3-11-47-28(13-19)38-26/h4-7,12-16H,2-3,8-11,17-18H2,1H3,(H,34,41)(H,35,44)(H,36,37,38). The Bertz CT molecular complexity index is 1900. The van der Waals surface area contributed by atoms with E-state index in [0.29, 0.717) is 24.0 Å². The zero-order chi connectivity index (χ0) is 34.3. The van der Waals surface area contributed by atoms with Crippen molar-refractivity contribution in [3.63, 3.8) is 0 Å². The quantitative estimate of drug-likeness (QED) is 0.236. The third-order valence-corrected chi connectivity index (χ3v) is 8.29. The van der Waals surface area contributed by atoms with Crippen molar-refractivity contribution >= 4 is 45.1 Å². The summed E-state index contributed by atoms with van der Waals surface area (Å²) in [6.07, 6.45) is 5.20. The maximum absolute atomic E-state index is 14.9. The van der Waals surface area contributed by atoms with Gasteiger partial charge in [-0.2, -0.15) is 4.98 Å². The first-order chi connectivity index (χ1) is 23.0. The van der Waals surface area contributed by atoms with E-state index in [2.05, 4.69) is 30.3 Å². The lowest BCUT2D eigenvalue weighted by atomic mass is 10.0. The van der Waals surface area contributed by atoms with E-state index in [1.54, 1.807) is 12.1 Å². The van der Waals surface area contributed by atoms with Crippen molar-refractivity contribution in [2.75, 3.05) is 44.4 Å². The molecule has 3 aromatic rings. The Morgan fingerprint density at radius 2 is 1.75 bits per heavy atom. The van der Waals surface area contributed by atoms with Crippen LogP contribution in [0.1, 0.15) is 18.4 Å². The number of carbonyl (C=O) groups excluding carboxylic acids is 4. The minimum atomic E-state index is -3.10. The highest BCUT2D eigenvalue weighted by Gasteiger charge is 2.25. The van der Waals surface area contributed by atoms with E-state index in [-0.39, 0.29) is 60.9 Å². The molecular formula is C31H31F2N7O7S. The summed E-state index contributed by atoms with van der Waals surface area (Å²) in [6, 6.07) is 7.57. The number of halogens is 2. The molecule has 48 heavy (non-hydrogen) atoms. The number of nitrogens with zero attached hydrogens (tertiary/aromatic N) is 4. The molecular weight excluding hydrogens is 652 g/mol. The molecule has 0 saturated carbocycles. The van der Waals surface area contributed by atoms with E-state index in [1.807, 2.05) is 0 Å². The summed E-state index contributed by atoms with van der Waals surface area (Å²) in [5, 5.41) is 8.06. The number of imide groups is 1. The lowest BCUT2D eigenvalue weighted by Crippen LogP contribution is -2.41. The molecule has 14 nitrogen and oxygen atoms in total. The zero-order valence-corrected chi connectivity index (χ0v) is 26.5. The van der Waals surface area contributed by atoms with Crippen LogP contribution < -0.4 is 25.4 Å². The fourth-order valence-electron chi connectivity index (χ4n) is 4.73. The number of ether oxygens (including phenoxy) is 2. The number of benzene rings is 1. The molecule has 252 valence electrons. The number of hydrogen-bond donors (Lipinski definition) is 3. The zero-order valence-electron chi connectivity index (χ0n) is 25.7. The largest absolute Gasteiger partial charge is 0.493 e. The molecule has 1 aromatic carbocycles. The van der Waals surface area contributed by atoms with Crippen LogP contribution in [0.3, 0.4) is 0 Å². The molecule has 3 N–H and O–H groups in total. The van der Waals surface area contributed by atoms with Gasteiger partial charge >= 0.3 is 6.03 Å². The number of anilines is 2. The number of pyridine rings is 2. The molecule has 5 amide bonds. The van der Waals surface area contributed by atoms with E-state index in [0.717, 1.165) is 23.2 Å². The number of carbonyl (C=O) groups is 4.